The Morgan fingerprint density at radius 1 is 1.44 bits per heavy atom. The first-order valence-electron chi connectivity index (χ1n) is 6.47. The molecule has 18 heavy (non-hydrogen) atoms. The Labute approximate surface area is 108 Å². The Kier molecular flexibility index (Phi) is 4.40. The summed E-state index contributed by atoms with van der Waals surface area (Å²) in [5, 5.41) is 7.32. The van der Waals surface area contributed by atoms with Crippen molar-refractivity contribution in [2.75, 3.05) is 12.8 Å². The van der Waals surface area contributed by atoms with E-state index in [1.54, 1.807) is 6.20 Å². The summed E-state index contributed by atoms with van der Waals surface area (Å²) in [6.45, 7) is 1.72. The van der Waals surface area contributed by atoms with Crippen LogP contribution in [0.2, 0.25) is 0 Å². The second-order valence-electron chi connectivity index (χ2n) is 4.98. The van der Waals surface area contributed by atoms with E-state index in [4.69, 9.17) is 0 Å². The Bertz CT molecular complexity index is 456. The summed E-state index contributed by atoms with van der Waals surface area (Å²) in [7, 11) is -2.91. The van der Waals surface area contributed by atoms with Gasteiger partial charge in [-0.1, -0.05) is 6.42 Å². The third kappa shape index (κ3) is 3.55. The van der Waals surface area contributed by atoms with Crippen molar-refractivity contribution in [1.29, 1.82) is 0 Å². The third-order valence-corrected chi connectivity index (χ3v) is 5.20. The maximum atomic E-state index is 11.6. The number of nitrogens with zero attached hydrogens (tertiary/aromatic N) is 2. The van der Waals surface area contributed by atoms with Crippen molar-refractivity contribution in [3.63, 3.8) is 0 Å². The van der Waals surface area contributed by atoms with Gasteiger partial charge in [-0.2, -0.15) is 5.10 Å². The van der Waals surface area contributed by atoms with E-state index in [0.29, 0.717) is 0 Å². The monoisotopic (exact) mass is 271 g/mol. The van der Waals surface area contributed by atoms with Gasteiger partial charge in [0, 0.05) is 31.2 Å². The molecule has 1 aliphatic carbocycles. The van der Waals surface area contributed by atoms with Gasteiger partial charge in [0.1, 0.15) is 0 Å². The lowest BCUT2D eigenvalue weighted by Crippen LogP contribution is -2.40. The van der Waals surface area contributed by atoms with Crippen molar-refractivity contribution in [3.05, 3.63) is 18.5 Å². The van der Waals surface area contributed by atoms with Gasteiger partial charge in [-0.05, 0) is 31.9 Å². The van der Waals surface area contributed by atoms with Crippen LogP contribution in [0.4, 0.5) is 0 Å². The van der Waals surface area contributed by atoms with Gasteiger partial charge >= 0.3 is 0 Å². The molecule has 1 saturated carbocycles. The van der Waals surface area contributed by atoms with Gasteiger partial charge in [0.25, 0.3) is 0 Å². The molecule has 5 nitrogen and oxygen atoms in total. The standard InChI is InChI=1S/C12H21N3O2S/c1-18(16,17)12-6-2-5-11(12)13-7-3-9-15-10-4-8-14-15/h4,8,10-13H,2-3,5-7,9H2,1H3. The summed E-state index contributed by atoms with van der Waals surface area (Å²) in [4.78, 5) is 0. The fraction of sp³-hybridized carbons (Fsp3) is 0.750. The minimum absolute atomic E-state index is 0.137. The third-order valence-electron chi connectivity index (χ3n) is 3.53. The molecule has 0 saturated heterocycles. The molecule has 1 aliphatic rings. The predicted octanol–water partition coefficient (Wildman–Crippen LogP) is 0.828. The van der Waals surface area contributed by atoms with Crippen LogP contribution in [0.5, 0.6) is 0 Å². The number of rotatable bonds is 6. The van der Waals surface area contributed by atoms with Crippen LogP contribution in [0.25, 0.3) is 0 Å². The lowest BCUT2D eigenvalue weighted by molar-refractivity contribution is 0.476. The highest BCUT2D eigenvalue weighted by atomic mass is 32.2. The molecule has 2 unspecified atom stereocenters. The zero-order valence-electron chi connectivity index (χ0n) is 10.7. The molecule has 1 heterocycles. The average Bonchev–Trinajstić information content (AvgIpc) is 2.94. The summed E-state index contributed by atoms with van der Waals surface area (Å²) in [6, 6.07) is 2.04. The van der Waals surface area contributed by atoms with E-state index in [-0.39, 0.29) is 11.3 Å². The Balaban J connectivity index is 1.73. The largest absolute Gasteiger partial charge is 0.313 e. The molecule has 0 radical (unpaired) electrons. The van der Waals surface area contributed by atoms with Crippen molar-refractivity contribution < 1.29 is 8.42 Å². The van der Waals surface area contributed by atoms with Crippen LogP contribution in [-0.2, 0) is 16.4 Å². The van der Waals surface area contributed by atoms with E-state index in [1.807, 2.05) is 16.9 Å². The second-order valence-corrected chi connectivity index (χ2v) is 7.25. The minimum atomic E-state index is -2.91. The van der Waals surface area contributed by atoms with Crippen LogP contribution in [0.3, 0.4) is 0 Å². The normalized spacial score (nSPS) is 24.5. The second kappa shape index (κ2) is 5.84. The van der Waals surface area contributed by atoms with Crippen LogP contribution in [0.1, 0.15) is 25.7 Å². The minimum Gasteiger partial charge on any atom is -0.313 e. The first-order chi connectivity index (χ1) is 8.57. The maximum absolute atomic E-state index is 11.6. The van der Waals surface area contributed by atoms with Gasteiger partial charge in [-0.3, -0.25) is 4.68 Å². The lowest BCUT2D eigenvalue weighted by atomic mass is 10.2. The Hall–Kier alpha value is -0.880. The first-order valence-corrected chi connectivity index (χ1v) is 8.42. The number of hydrogen-bond donors (Lipinski definition) is 1. The van der Waals surface area contributed by atoms with E-state index in [2.05, 4.69) is 10.4 Å². The highest BCUT2D eigenvalue weighted by Gasteiger charge is 2.33. The number of nitrogens with one attached hydrogen (secondary N) is 1. The number of hydrogen-bond acceptors (Lipinski definition) is 4. The average molecular weight is 271 g/mol. The highest BCUT2D eigenvalue weighted by molar-refractivity contribution is 7.91. The molecule has 1 aromatic heterocycles. The summed E-state index contributed by atoms with van der Waals surface area (Å²) in [5.41, 5.74) is 0. The van der Waals surface area contributed by atoms with E-state index >= 15 is 0 Å². The molecule has 0 bridgehead atoms. The SMILES string of the molecule is CS(=O)(=O)C1CCCC1NCCCn1cccn1. The molecule has 6 heteroatoms. The number of aromatic nitrogens is 2. The molecule has 1 aromatic rings. The molecule has 2 atom stereocenters. The summed E-state index contributed by atoms with van der Waals surface area (Å²) in [6.07, 6.45) is 8.80. The molecule has 2 rings (SSSR count). The summed E-state index contributed by atoms with van der Waals surface area (Å²) >= 11 is 0. The van der Waals surface area contributed by atoms with Crippen LogP contribution >= 0.6 is 0 Å². The predicted molar refractivity (Wildman–Crippen MR) is 71.1 cm³/mol. The summed E-state index contributed by atoms with van der Waals surface area (Å²) < 4.78 is 25.1. The zero-order valence-corrected chi connectivity index (χ0v) is 11.6. The fourth-order valence-electron chi connectivity index (χ4n) is 2.63. The maximum Gasteiger partial charge on any atom is 0.151 e. The molecule has 0 aliphatic heterocycles. The topological polar surface area (TPSA) is 64.0 Å². The summed E-state index contributed by atoms with van der Waals surface area (Å²) in [5.74, 6) is 0. The van der Waals surface area contributed by atoms with E-state index in [9.17, 15) is 8.42 Å². The van der Waals surface area contributed by atoms with Crippen molar-refractivity contribution in [3.8, 4) is 0 Å². The van der Waals surface area contributed by atoms with E-state index in [0.717, 1.165) is 38.8 Å². The van der Waals surface area contributed by atoms with Gasteiger partial charge in [0.05, 0.1) is 5.25 Å². The molecular weight excluding hydrogens is 250 g/mol. The van der Waals surface area contributed by atoms with Crippen LogP contribution in [-0.4, -0.2) is 42.3 Å². The van der Waals surface area contributed by atoms with Crippen LogP contribution in [0, 0.1) is 0 Å². The van der Waals surface area contributed by atoms with Gasteiger partial charge < -0.3 is 5.32 Å². The zero-order chi connectivity index (χ0) is 13.0. The molecular formula is C12H21N3O2S. The molecule has 0 aromatic carbocycles. The van der Waals surface area contributed by atoms with Crippen molar-refractivity contribution in [2.45, 2.75) is 43.5 Å². The first kappa shape index (κ1) is 13.5. The van der Waals surface area contributed by atoms with Gasteiger partial charge in [0.2, 0.25) is 0 Å². The molecule has 102 valence electrons. The molecule has 1 N–H and O–H groups in total. The molecule has 0 spiro atoms. The smallest absolute Gasteiger partial charge is 0.151 e. The molecule has 1 fully saturated rings. The number of sulfone groups is 1. The van der Waals surface area contributed by atoms with E-state index in [1.165, 1.54) is 6.26 Å². The van der Waals surface area contributed by atoms with Gasteiger partial charge in [-0.15, -0.1) is 0 Å². The van der Waals surface area contributed by atoms with Crippen LogP contribution in [0.15, 0.2) is 18.5 Å². The number of aryl methyl sites for hydroxylation is 1. The Morgan fingerprint density at radius 3 is 2.94 bits per heavy atom. The fourth-order valence-corrected chi connectivity index (χ4v) is 4.06. The van der Waals surface area contributed by atoms with Crippen molar-refractivity contribution >= 4 is 9.84 Å². The lowest BCUT2D eigenvalue weighted by Gasteiger charge is -2.19. The quantitative estimate of drug-likeness (QED) is 0.778. The van der Waals surface area contributed by atoms with Crippen LogP contribution < -0.4 is 5.32 Å². The van der Waals surface area contributed by atoms with Crippen molar-refractivity contribution in [2.24, 2.45) is 0 Å². The highest BCUT2D eigenvalue weighted by Crippen LogP contribution is 2.24. The van der Waals surface area contributed by atoms with Gasteiger partial charge in [0.15, 0.2) is 9.84 Å². The van der Waals surface area contributed by atoms with E-state index < -0.39 is 9.84 Å². The van der Waals surface area contributed by atoms with Crippen molar-refractivity contribution in [1.82, 2.24) is 15.1 Å². The molecule has 0 amide bonds. The Morgan fingerprint density at radius 2 is 2.28 bits per heavy atom. The van der Waals surface area contributed by atoms with Gasteiger partial charge in [-0.25, -0.2) is 8.42 Å².